The van der Waals surface area contributed by atoms with Gasteiger partial charge in [0.25, 0.3) is 0 Å². The van der Waals surface area contributed by atoms with Crippen molar-refractivity contribution in [2.45, 2.75) is 56.4 Å². The SMILES string of the molecule is COc1ccc(C[C@]2(CCC(=O)N3CCC[C@@H](c4ccccc4)C3)CCC(=O)N2)c2ccccc12. The van der Waals surface area contributed by atoms with Gasteiger partial charge < -0.3 is 15.0 Å². The molecule has 0 radical (unpaired) electrons. The van der Waals surface area contributed by atoms with Crippen molar-refractivity contribution >= 4 is 22.6 Å². The molecule has 182 valence electrons. The van der Waals surface area contributed by atoms with E-state index in [0.717, 1.165) is 48.9 Å². The van der Waals surface area contributed by atoms with Gasteiger partial charge in [-0.1, -0.05) is 60.7 Å². The summed E-state index contributed by atoms with van der Waals surface area (Å²) in [6, 6.07) is 22.9. The van der Waals surface area contributed by atoms with Crippen LogP contribution in [-0.4, -0.2) is 42.5 Å². The normalized spacial score (nSPS) is 22.3. The summed E-state index contributed by atoms with van der Waals surface area (Å²) in [7, 11) is 1.69. The van der Waals surface area contributed by atoms with Crippen molar-refractivity contribution in [1.29, 1.82) is 0 Å². The molecule has 35 heavy (non-hydrogen) atoms. The zero-order valence-corrected chi connectivity index (χ0v) is 20.5. The van der Waals surface area contributed by atoms with Gasteiger partial charge in [-0.15, -0.1) is 0 Å². The lowest BCUT2D eigenvalue weighted by Crippen LogP contribution is -2.45. The van der Waals surface area contributed by atoms with Crippen LogP contribution in [0.15, 0.2) is 66.7 Å². The number of piperidine rings is 1. The fraction of sp³-hybridized carbons (Fsp3) is 0.400. The van der Waals surface area contributed by atoms with Crippen LogP contribution in [-0.2, 0) is 16.0 Å². The first kappa shape index (κ1) is 23.4. The van der Waals surface area contributed by atoms with E-state index in [1.807, 2.05) is 29.2 Å². The largest absolute Gasteiger partial charge is 0.496 e. The highest BCUT2D eigenvalue weighted by molar-refractivity contribution is 5.91. The van der Waals surface area contributed by atoms with Crippen molar-refractivity contribution in [3.05, 3.63) is 77.9 Å². The predicted octanol–water partition coefficient (Wildman–Crippen LogP) is 5.23. The molecule has 2 amide bonds. The van der Waals surface area contributed by atoms with E-state index in [0.29, 0.717) is 31.6 Å². The highest BCUT2D eigenvalue weighted by atomic mass is 16.5. The lowest BCUT2D eigenvalue weighted by Gasteiger charge is -2.35. The third-order valence-electron chi connectivity index (χ3n) is 7.82. The molecule has 2 aliphatic heterocycles. The fourth-order valence-corrected chi connectivity index (χ4v) is 5.92. The van der Waals surface area contributed by atoms with Crippen LogP contribution in [0.2, 0.25) is 0 Å². The van der Waals surface area contributed by atoms with Gasteiger partial charge in [-0.05, 0) is 54.7 Å². The summed E-state index contributed by atoms with van der Waals surface area (Å²) in [6.07, 6.45) is 5.25. The molecule has 2 aliphatic rings. The number of nitrogens with one attached hydrogen (secondary N) is 1. The highest BCUT2D eigenvalue weighted by Crippen LogP contribution is 2.35. The van der Waals surface area contributed by atoms with E-state index < -0.39 is 5.54 Å². The first-order valence-electron chi connectivity index (χ1n) is 12.8. The molecule has 0 aromatic heterocycles. The van der Waals surface area contributed by atoms with Crippen LogP contribution in [0.25, 0.3) is 10.8 Å². The highest BCUT2D eigenvalue weighted by Gasteiger charge is 2.39. The Balaban J connectivity index is 1.31. The van der Waals surface area contributed by atoms with Crippen molar-refractivity contribution < 1.29 is 14.3 Å². The third-order valence-corrected chi connectivity index (χ3v) is 7.82. The van der Waals surface area contributed by atoms with Crippen LogP contribution in [0.1, 0.15) is 55.6 Å². The van der Waals surface area contributed by atoms with Gasteiger partial charge in [0.05, 0.1) is 7.11 Å². The summed E-state index contributed by atoms with van der Waals surface area (Å²) < 4.78 is 5.56. The zero-order valence-electron chi connectivity index (χ0n) is 20.5. The van der Waals surface area contributed by atoms with Gasteiger partial charge in [-0.2, -0.15) is 0 Å². The number of carbonyl (C=O) groups excluding carboxylic acids is 2. The Morgan fingerprint density at radius 2 is 1.83 bits per heavy atom. The van der Waals surface area contributed by atoms with E-state index in [9.17, 15) is 9.59 Å². The molecule has 2 fully saturated rings. The number of ether oxygens (including phenoxy) is 1. The second kappa shape index (κ2) is 10.1. The molecular formula is C30H34N2O3. The molecule has 0 bridgehead atoms. The molecule has 5 nitrogen and oxygen atoms in total. The second-order valence-electron chi connectivity index (χ2n) is 10.1. The van der Waals surface area contributed by atoms with E-state index in [-0.39, 0.29) is 11.8 Å². The molecule has 0 unspecified atom stereocenters. The van der Waals surface area contributed by atoms with Gasteiger partial charge in [-0.25, -0.2) is 0 Å². The predicted molar refractivity (Wildman–Crippen MR) is 139 cm³/mol. The van der Waals surface area contributed by atoms with Crippen molar-refractivity contribution in [2.24, 2.45) is 0 Å². The number of hydrogen-bond acceptors (Lipinski definition) is 3. The number of hydrogen-bond donors (Lipinski definition) is 1. The smallest absolute Gasteiger partial charge is 0.222 e. The number of benzene rings is 3. The van der Waals surface area contributed by atoms with Crippen LogP contribution in [0, 0.1) is 0 Å². The van der Waals surface area contributed by atoms with Crippen LogP contribution in [0.4, 0.5) is 0 Å². The molecule has 3 aromatic rings. The maximum Gasteiger partial charge on any atom is 0.222 e. The number of nitrogens with zero attached hydrogens (tertiary/aromatic N) is 1. The Bertz CT molecular complexity index is 1210. The molecule has 3 aromatic carbocycles. The van der Waals surface area contributed by atoms with Crippen LogP contribution in [0.5, 0.6) is 5.75 Å². The summed E-state index contributed by atoms with van der Waals surface area (Å²) in [5.74, 6) is 1.53. The zero-order chi connectivity index (χ0) is 24.3. The monoisotopic (exact) mass is 470 g/mol. The lowest BCUT2D eigenvalue weighted by atomic mass is 9.83. The van der Waals surface area contributed by atoms with Crippen LogP contribution in [0.3, 0.4) is 0 Å². The molecule has 2 atom stereocenters. The standard InChI is InChI=1S/C30H34N2O3/c1-35-27-14-13-23(25-11-5-6-12-26(25)27)20-30(17-15-28(33)31-30)18-16-29(34)32-19-7-10-24(21-32)22-8-3-2-4-9-22/h2-6,8-9,11-14,24H,7,10,15-21H2,1H3,(H,31,33)/t24-,30-/m1/s1. The molecular weight excluding hydrogens is 436 g/mol. The maximum absolute atomic E-state index is 13.3. The third kappa shape index (κ3) is 5.04. The number of likely N-dealkylation sites (tertiary alicyclic amines) is 1. The van der Waals surface area contributed by atoms with E-state index in [1.165, 1.54) is 11.1 Å². The Morgan fingerprint density at radius 3 is 2.57 bits per heavy atom. The Morgan fingerprint density at radius 1 is 1.06 bits per heavy atom. The van der Waals surface area contributed by atoms with Gasteiger partial charge in [0, 0.05) is 42.8 Å². The van der Waals surface area contributed by atoms with Gasteiger partial charge in [-0.3, -0.25) is 9.59 Å². The minimum Gasteiger partial charge on any atom is -0.496 e. The van der Waals surface area contributed by atoms with Gasteiger partial charge in [0.2, 0.25) is 11.8 Å². The number of fused-ring (bicyclic) bond motifs is 1. The Kier molecular flexibility index (Phi) is 6.76. The minimum atomic E-state index is -0.390. The second-order valence-corrected chi connectivity index (χ2v) is 10.1. The first-order chi connectivity index (χ1) is 17.1. The van der Waals surface area contributed by atoms with Gasteiger partial charge in [0.15, 0.2) is 0 Å². The van der Waals surface area contributed by atoms with Gasteiger partial charge in [0.1, 0.15) is 5.75 Å². The molecule has 5 heteroatoms. The molecule has 2 heterocycles. The topological polar surface area (TPSA) is 58.6 Å². The number of methoxy groups -OCH3 is 1. The maximum atomic E-state index is 13.3. The van der Waals surface area contributed by atoms with E-state index in [2.05, 4.69) is 47.8 Å². The lowest BCUT2D eigenvalue weighted by molar-refractivity contribution is -0.133. The summed E-state index contributed by atoms with van der Waals surface area (Å²) in [5.41, 5.74) is 2.10. The molecule has 0 saturated carbocycles. The van der Waals surface area contributed by atoms with E-state index in [1.54, 1.807) is 7.11 Å². The summed E-state index contributed by atoms with van der Waals surface area (Å²) in [6.45, 7) is 1.61. The van der Waals surface area contributed by atoms with E-state index >= 15 is 0 Å². The van der Waals surface area contributed by atoms with E-state index in [4.69, 9.17) is 4.74 Å². The Labute approximate surface area is 207 Å². The summed E-state index contributed by atoms with van der Waals surface area (Å²) in [4.78, 5) is 27.7. The van der Waals surface area contributed by atoms with Crippen LogP contribution >= 0.6 is 0 Å². The van der Waals surface area contributed by atoms with Crippen molar-refractivity contribution in [1.82, 2.24) is 10.2 Å². The van der Waals surface area contributed by atoms with Crippen LogP contribution < -0.4 is 10.1 Å². The molecule has 5 rings (SSSR count). The average Bonchev–Trinajstić information content (AvgIpc) is 3.28. The fourth-order valence-electron chi connectivity index (χ4n) is 5.92. The number of rotatable bonds is 7. The number of amides is 2. The molecule has 2 saturated heterocycles. The summed E-state index contributed by atoms with van der Waals surface area (Å²) in [5, 5.41) is 5.47. The minimum absolute atomic E-state index is 0.0809. The first-order valence-corrected chi connectivity index (χ1v) is 12.8. The molecule has 1 N–H and O–H groups in total. The van der Waals surface area contributed by atoms with Gasteiger partial charge >= 0.3 is 0 Å². The Hall–Kier alpha value is -3.34. The molecule has 0 aliphatic carbocycles. The van der Waals surface area contributed by atoms with Crippen molar-refractivity contribution in [3.8, 4) is 5.75 Å². The number of carbonyl (C=O) groups is 2. The summed E-state index contributed by atoms with van der Waals surface area (Å²) >= 11 is 0. The van der Waals surface area contributed by atoms with Crippen molar-refractivity contribution in [3.63, 3.8) is 0 Å². The quantitative estimate of drug-likeness (QED) is 0.515. The molecule has 0 spiro atoms. The van der Waals surface area contributed by atoms with Crippen molar-refractivity contribution in [2.75, 3.05) is 20.2 Å². The average molecular weight is 471 g/mol.